The van der Waals surface area contributed by atoms with Crippen LogP contribution in [0.4, 0.5) is 5.69 Å². The molecule has 1 rings (SSSR count). The molecule has 0 saturated carbocycles. The van der Waals surface area contributed by atoms with Crippen LogP contribution in [0.5, 0.6) is 0 Å². The summed E-state index contributed by atoms with van der Waals surface area (Å²) in [6.07, 6.45) is 0. The summed E-state index contributed by atoms with van der Waals surface area (Å²) in [6, 6.07) is 5.82. The van der Waals surface area contributed by atoms with E-state index in [4.69, 9.17) is 5.73 Å². The summed E-state index contributed by atoms with van der Waals surface area (Å²) in [5, 5.41) is 0. The molecule has 100 valence electrons. The Kier molecular flexibility index (Phi) is 6.57. The van der Waals surface area contributed by atoms with Gasteiger partial charge in [0, 0.05) is 29.0 Å². The lowest BCUT2D eigenvalue weighted by Gasteiger charge is -2.18. The van der Waals surface area contributed by atoms with Gasteiger partial charge >= 0.3 is 0 Å². The maximum absolute atomic E-state index is 11.8. The fraction of sp³-hybridized carbons (Fsp3) is 0.462. The fourth-order valence-corrected chi connectivity index (χ4v) is 3.14. The average molecular weight is 331 g/mol. The Labute approximate surface area is 121 Å². The van der Waals surface area contributed by atoms with E-state index < -0.39 is 0 Å². The molecule has 1 amide bonds. The number of halogens is 1. The van der Waals surface area contributed by atoms with E-state index in [1.54, 1.807) is 11.8 Å². The van der Waals surface area contributed by atoms with Crippen molar-refractivity contribution in [3.63, 3.8) is 0 Å². The Morgan fingerprint density at radius 3 is 2.67 bits per heavy atom. The summed E-state index contributed by atoms with van der Waals surface area (Å²) in [5.41, 5.74) is 7.68. The van der Waals surface area contributed by atoms with E-state index in [0.29, 0.717) is 5.75 Å². The number of thioether (sulfide) groups is 1. The van der Waals surface area contributed by atoms with Crippen LogP contribution in [0.2, 0.25) is 0 Å². The molecule has 0 aromatic heterocycles. The van der Waals surface area contributed by atoms with E-state index in [2.05, 4.69) is 15.9 Å². The predicted molar refractivity (Wildman–Crippen MR) is 82.6 cm³/mol. The zero-order chi connectivity index (χ0) is 13.5. The van der Waals surface area contributed by atoms with Crippen LogP contribution in [-0.4, -0.2) is 29.6 Å². The number of rotatable bonds is 6. The molecule has 3 nitrogen and oxygen atoms in total. The standard InChI is InChI=1S/C13H19BrN2OS/c1-3-16(4-2)12(17)9-18-8-10-6-5-7-11(15)13(10)14/h5-7H,3-4,8-9,15H2,1-2H3. The number of anilines is 1. The Bertz CT molecular complexity index is 408. The number of nitrogens with zero attached hydrogens (tertiary/aromatic N) is 1. The highest BCUT2D eigenvalue weighted by Crippen LogP contribution is 2.27. The molecule has 1 aromatic rings. The van der Waals surface area contributed by atoms with Crippen molar-refractivity contribution in [1.82, 2.24) is 4.90 Å². The maximum atomic E-state index is 11.8. The van der Waals surface area contributed by atoms with Gasteiger partial charge in [-0.25, -0.2) is 0 Å². The number of nitrogens with two attached hydrogens (primary N) is 1. The zero-order valence-corrected chi connectivity index (χ0v) is 13.2. The molecule has 0 radical (unpaired) electrons. The second-order valence-electron chi connectivity index (χ2n) is 3.88. The summed E-state index contributed by atoms with van der Waals surface area (Å²) in [4.78, 5) is 13.7. The summed E-state index contributed by atoms with van der Waals surface area (Å²) in [5.74, 6) is 1.51. The lowest BCUT2D eigenvalue weighted by molar-refractivity contribution is -0.127. The molecule has 0 unspecified atom stereocenters. The van der Waals surface area contributed by atoms with Gasteiger partial charge in [0.2, 0.25) is 5.91 Å². The van der Waals surface area contributed by atoms with E-state index in [1.165, 1.54) is 0 Å². The first kappa shape index (κ1) is 15.4. The lowest BCUT2D eigenvalue weighted by Crippen LogP contribution is -2.31. The summed E-state index contributed by atoms with van der Waals surface area (Å²) in [6.45, 7) is 5.55. The van der Waals surface area contributed by atoms with Gasteiger partial charge in [-0.05, 0) is 41.4 Å². The van der Waals surface area contributed by atoms with E-state index in [0.717, 1.165) is 34.6 Å². The van der Waals surface area contributed by atoms with Crippen LogP contribution in [0.3, 0.4) is 0 Å². The second-order valence-corrected chi connectivity index (χ2v) is 5.66. The van der Waals surface area contributed by atoms with Crippen LogP contribution in [-0.2, 0) is 10.5 Å². The quantitative estimate of drug-likeness (QED) is 0.815. The van der Waals surface area contributed by atoms with Crippen LogP contribution in [0, 0.1) is 0 Å². The molecule has 0 aliphatic heterocycles. The largest absolute Gasteiger partial charge is 0.398 e. The molecular formula is C13H19BrN2OS. The third kappa shape index (κ3) is 4.21. The van der Waals surface area contributed by atoms with Gasteiger partial charge < -0.3 is 10.6 Å². The minimum Gasteiger partial charge on any atom is -0.398 e. The number of hydrogen-bond acceptors (Lipinski definition) is 3. The first-order chi connectivity index (χ1) is 8.60. The third-order valence-electron chi connectivity index (χ3n) is 2.71. The van der Waals surface area contributed by atoms with Crippen molar-refractivity contribution < 1.29 is 4.79 Å². The van der Waals surface area contributed by atoms with Crippen molar-refractivity contribution in [3.8, 4) is 0 Å². The molecular weight excluding hydrogens is 312 g/mol. The Morgan fingerprint density at radius 2 is 2.06 bits per heavy atom. The molecule has 0 atom stereocenters. The minimum absolute atomic E-state index is 0.199. The van der Waals surface area contributed by atoms with Gasteiger partial charge in [0.05, 0.1) is 5.75 Å². The molecule has 0 fully saturated rings. The van der Waals surface area contributed by atoms with Gasteiger partial charge in [-0.2, -0.15) is 0 Å². The van der Waals surface area contributed by atoms with Gasteiger partial charge in [-0.3, -0.25) is 4.79 Å². The first-order valence-corrected chi connectivity index (χ1v) is 7.93. The van der Waals surface area contributed by atoms with Gasteiger partial charge in [0.25, 0.3) is 0 Å². The average Bonchev–Trinajstić information content (AvgIpc) is 2.36. The summed E-state index contributed by atoms with van der Waals surface area (Å²) in [7, 11) is 0. The van der Waals surface area contributed by atoms with Crippen LogP contribution < -0.4 is 5.73 Å². The topological polar surface area (TPSA) is 46.3 Å². The first-order valence-electron chi connectivity index (χ1n) is 5.98. The van der Waals surface area contributed by atoms with Crippen molar-refractivity contribution in [2.45, 2.75) is 19.6 Å². The highest BCUT2D eigenvalue weighted by molar-refractivity contribution is 9.10. The van der Waals surface area contributed by atoms with E-state index >= 15 is 0 Å². The number of carbonyl (C=O) groups is 1. The van der Waals surface area contributed by atoms with Crippen LogP contribution in [0.15, 0.2) is 22.7 Å². The zero-order valence-electron chi connectivity index (χ0n) is 10.8. The van der Waals surface area contributed by atoms with Gasteiger partial charge in [0.1, 0.15) is 0 Å². The Hall–Kier alpha value is -0.680. The van der Waals surface area contributed by atoms with E-state index in [9.17, 15) is 4.79 Å². The smallest absolute Gasteiger partial charge is 0.232 e. The van der Waals surface area contributed by atoms with Crippen LogP contribution in [0.1, 0.15) is 19.4 Å². The Morgan fingerprint density at radius 1 is 1.39 bits per heavy atom. The number of carbonyl (C=O) groups excluding carboxylic acids is 1. The van der Waals surface area contributed by atoms with E-state index in [1.807, 2.05) is 36.9 Å². The van der Waals surface area contributed by atoms with Crippen molar-refractivity contribution in [1.29, 1.82) is 0 Å². The number of nitrogen functional groups attached to an aromatic ring is 1. The maximum Gasteiger partial charge on any atom is 0.232 e. The predicted octanol–water partition coefficient (Wildman–Crippen LogP) is 3.13. The SMILES string of the molecule is CCN(CC)C(=O)CSCc1cccc(N)c1Br. The summed E-state index contributed by atoms with van der Waals surface area (Å²) >= 11 is 5.09. The van der Waals surface area contributed by atoms with Crippen LogP contribution >= 0.6 is 27.7 Å². The summed E-state index contributed by atoms with van der Waals surface area (Å²) < 4.78 is 0.938. The number of amides is 1. The van der Waals surface area contributed by atoms with Crippen LogP contribution in [0.25, 0.3) is 0 Å². The molecule has 0 aliphatic carbocycles. The lowest BCUT2D eigenvalue weighted by atomic mass is 10.2. The Balaban J connectivity index is 2.47. The molecule has 0 bridgehead atoms. The molecule has 1 aromatic carbocycles. The van der Waals surface area contributed by atoms with Gasteiger partial charge in [-0.1, -0.05) is 12.1 Å². The molecule has 0 saturated heterocycles. The number of benzene rings is 1. The molecule has 0 spiro atoms. The minimum atomic E-state index is 0.199. The molecule has 5 heteroatoms. The monoisotopic (exact) mass is 330 g/mol. The molecule has 0 aliphatic rings. The highest BCUT2D eigenvalue weighted by Gasteiger charge is 2.10. The van der Waals surface area contributed by atoms with Crippen molar-refractivity contribution in [2.75, 3.05) is 24.6 Å². The van der Waals surface area contributed by atoms with Crippen molar-refractivity contribution in [2.24, 2.45) is 0 Å². The molecule has 0 heterocycles. The van der Waals surface area contributed by atoms with Crippen molar-refractivity contribution >= 4 is 39.3 Å². The van der Waals surface area contributed by atoms with Gasteiger partial charge in [0.15, 0.2) is 0 Å². The van der Waals surface area contributed by atoms with Crippen molar-refractivity contribution in [3.05, 3.63) is 28.2 Å². The third-order valence-corrected chi connectivity index (χ3v) is 4.64. The normalized spacial score (nSPS) is 10.4. The second kappa shape index (κ2) is 7.69. The highest BCUT2D eigenvalue weighted by atomic mass is 79.9. The number of hydrogen-bond donors (Lipinski definition) is 1. The molecule has 2 N–H and O–H groups in total. The fourth-order valence-electron chi connectivity index (χ4n) is 1.63. The molecule has 18 heavy (non-hydrogen) atoms. The van der Waals surface area contributed by atoms with E-state index in [-0.39, 0.29) is 5.91 Å². The van der Waals surface area contributed by atoms with Gasteiger partial charge in [-0.15, -0.1) is 11.8 Å².